The minimum absolute atomic E-state index is 0. The highest BCUT2D eigenvalue weighted by Gasteiger charge is 2.20. The number of nitrogen functional groups attached to an aromatic ring is 1. The van der Waals surface area contributed by atoms with Gasteiger partial charge < -0.3 is 15.5 Å². The molecule has 0 spiro atoms. The van der Waals surface area contributed by atoms with Crippen molar-refractivity contribution in [2.75, 3.05) is 39.5 Å². The first kappa shape index (κ1) is 16.8. The molecule has 1 amide bonds. The van der Waals surface area contributed by atoms with Crippen LogP contribution in [-0.2, 0) is 0 Å². The number of benzene rings is 1. The summed E-state index contributed by atoms with van der Waals surface area (Å²) in [5.74, 6) is 0.706. The molecule has 1 aromatic rings. The van der Waals surface area contributed by atoms with Crippen LogP contribution >= 0.6 is 12.4 Å². The van der Waals surface area contributed by atoms with E-state index in [2.05, 4.69) is 11.9 Å². The van der Waals surface area contributed by atoms with Gasteiger partial charge in [-0.05, 0) is 63.2 Å². The monoisotopic (exact) mass is 297 g/mol. The Hall–Kier alpha value is -1.26. The van der Waals surface area contributed by atoms with E-state index in [4.69, 9.17) is 5.73 Å². The topological polar surface area (TPSA) is 49.6 Å². The number of piperidine rings is 1. The maximum atomic E-state index is 12.3. The van der Waals surface area contributed by atoms with Crippen molar-refractivity contribution in [2.24, 2.45) is 5.92 Å². The molecule has 1 heterocycles. The molecule has 0 aliphatic carbocycles. The number of hydrogen-bond donors (Lipinski definition) is 1. The van der Waals surface area contributed by atoms with Crippen molar-refractivity contribution >= 4 is 24.0 Å². The van der Waals surface area contributed by atoms with E-state index in [1.807, 2.05) is 11.9 Å². The number of nitrogens with zero attached hydrogens (tertiary/aromatic N) is 2. The van der Waals surface area contributed by atoms with E-state index < -0.39 is 0 Å². The Balaban J connectivity index is 0.00000200. The molecule has 1 fully saturated rings. The fourth-order valence-corrected chi connectivity index (χ4v) is 2.56. The average molecular weight is 298 g/mol. The van der Waals surface area contributed by atoms with Crippen LogP contribution in [0.15, 0.2) is 24.3 Å². The van der Waals surface area contributed by atoms with E-state index in [1.54, 1.807) is 24.3 Å². The number of anilines is 1. The number of likely N-dealkylation sites (tertiary alicyclic amines) is 1. The Labute approximate surface area is 127 Å². The van der Waals surface area contributed by atoms with Crippen molar-refractivity contribution in [2.45, 2.75) is 12.8 Å². The molecule has 1 aliphatic heterocycles. The standard InChI is InChI=1S/C15H23N3O.ClH/c1-17-9-7-12(8-10-17)11-18(2)15(19)13-3-5-14(16)6-4-13;/h3-6,12H,7-11,16H2,1-2H3;1H. The van der Waals surface area contributed by atoms with Crippen LogP contribution in [0.3, 0.4) is 0 Å². The maximum Gasteiger partial charge on any atom is 0.253 e. The zero-order valence-corrected chi connectivity index (χ0v) is 13.0. The third-order valence-corrected chi connectivity index (χ3v) is 3.87. The predicted molar refractivity (Wildman–Crippen MR) is 85.3 cm³/mol. The molecule has 20 heavy (non-hydrogen) atoms. The molecule has 4 nitrogen and oxygen atoms in total. The van der Waals surface area contributed by atoms with Crippen molar-refractivity contribution in [3.05, 3.63) is 29.8 Å². The van der Waals surface area contributed by atoms with Gasteiger partial charge in [0.1, 0.15) is 0 Å². The van der Waals surface area contributed by atoms with E-state index >= 15 is 0 Å². The third kappa shape index (κ3) is 4.39. The van der Waals surface area contributed by atoms with Crippen molar-refractivity contribution in [1.82, 2.24) is 9.80 Å². The Morgan fingerprint density at radius 1 is 1.30 bits per heavy atom. The average Bonchev–Trinajstić information content (AvgIpc) is 2.41. The van der Waals surface area contributed by atoms with Gasteiger partial charge in [-0.15, -0.1) is 12.4 Å². The molecule has 0 bridgehead atoms. The van der Waals surface area contributed by atoms with Crippen LogP contribution in [-0.4, -0.2) is 49.4 Å². The van der Waals surface area contributed by atoms with Gasteiger partial charge in [0.25, 0.3) is 5.91 Å². The minimum atomic E-state index is 0. The molecule has 1 aromatic carbocycles. The van der Waals surface area contributed by atoms with Gasteiger partial charge in [-0.2, -0.15) is 0 Å². The van der Waals surface area contributed by atoms with Gasteiger partial charge >= 0.3 is 0 Å². The predicted octanol–water partition coefficient (Wildman–Crippen LogP) is 2.10. The smallest absolute Gasteiger partial charge is 0.253 e. The largest absolute Gasteiger partial charge is 0.399 e. The minimum Gasteiger partial charge on any atom is -0.399 e. The van der Waals surface area contributed by atoms with Gasteiger partial charge in [-0.1, -0.05) is 0 Å². The van der Waals surface area contributed by atoms with Crippen LogP contribution in [0.2, 0.25) is 0 Å². The zero-order valence-electron chi connectivity index (χ0n) is 12.2. The molecule has 112 valence electrons. The number of carbonyl (C=O) groups is 1. The summed E-state index contributed by atoms with van der Waals surface area (Å²) in [6.45, 7) is 3.11. The number of nitrogens with two attached hydrogens (primary N) is 1. The molecule has 0 radical (unpaired) electrons. The molecular formula is C15H24ClN3O. The molecule has 5 heteroatoms. The van der Waals surface area contributed by atoms with Gasteiger partial charge in [-0.25, -0.2) is 0 Å². The lowest BCUT2D eigenvalue weighted by molar-refractivity contribution is 0.0747. The summed E-state index contributed by atoms with van der Waals surface area (Å²) in [5.41, 5.74) is 7.04. The molecule has 2 rings (SSSR count). The van der Waals surface area contributed by atoms with E-state index in [0.29, 0.717) is 17.2 Å². The van der Waals surface area contributed by atoms with Crippen molar-refractivity contribution < 1.29 is 4.79 Å². The fraction of sp³-hybridized carbons (Fsp3) is 0.533. The van der Waals surface area contributed by atoms with Crippen molar-refractivity contribution in [3.8, 4) is 0 Å². The van der Waals surface area contributed by atoms with Gasteiger partial charge in [0, 0.05) is 24.8 Å². The molecule has 1 saturated heterocycles. The SMILES string of the molecule is CN1CCC(CN(C)C(=O)c2ccc(N)cc2)CC1.Cl. The summed E-state index contributed by atoms with van der Waals surface area (Å²) in [6.07, 6.45) is 2.35. The van der Waals surface area contributed by atoms with Crippen LogP contribution in [0.1, 0.15) is 23.2 Å². The Kier molecular flexibility index (Phi) is 6.30. The van der Waals surface area contributed by atoms with Gasteiger partial charge in [-0.3, -0.25) is 4.79 Å². The molecule has 0 aromatic heterocycles. The summed E-state index contributed by atoms with van der Waals surface area (Å²) in [7, 11) is 4.04. The summed E-state index contributed by atoms with van der Waals surface area (Å²) in [5, 5.41) is 0. The third-order valence-electron chi connectivity index (χ3n) is 3.87. The van der Waals surface area contributed by atoms with Crippen molar-refractivity contribution in [3.63, 3.8) is 0 Å². The zero-order chi connectivity index (χ0) is 13.8. The highest BCUT2D eigenvalue weighted by atomic mass is 35.5. The fourth-order valence-electron chi connectivity index (χ4n) is 2.56. The Morgan fingerprint density at radius 3 is 2.40 bits per heavy atom. The Bertz CT molecular complexity index is 427. The Morgan fingerprint density at radius 2 is 1.85 bits per heavy atom. The number of rotatable bonds is 3. The second kappa shape index (κ2) is 7.50. The van der Waals surface area contributed by atoms with Crippen LogP contribution in [0.5, 0.6) is 0 Å². The molecule has 1 aliphatic rings. The lowest BCUT2D eigenvalue weighted by Crippen LogP contribution is -2.37. The molecular weight excluding hydrogens is 274 g/mol. The number of amides is 1. The second-order valence-electron chi connectivity index (χ2n) is 5.55. The van der Waals surface area contributed by atoms with Gasteiger partial charge in [0.2, 0.25) is 0 Å². The number of hydrogen-bond acceptors (Lipinski definition) is 3. The first-order valence-corrected chi connectivity index (χ1v) is 6.86. The summed E-state index contributed by atoms with van der Waals surface area (Å²) < 4.78 is 0. The van der Waals surface area contributed by atoms with E-state index in [-0.39, 0.29) is 18.3 Å². The summed E-state index contributed by atoms with van der Waals surface area (Å²) in [6, 6.07) is 7.14. The van der Waals surface area contributed by atoms with Gasteiger partial charge in [0.05, 0.1) is 0 Å². The molecule has 0 saturated carbocycles. The van der Waals surface area contributed by atoms with Crippen LogP contribution < -0.4 is 5.73 Å². The maximum absolute atomic E-state index is 12.3. The highest BCUT2D eigenvalue weighted by molar-refractivity contribution is 5.94. The molecule has 0 unspecified atom stereocenters. The lowest BCUT2D eigenvalue weighted by Gasteiger charge is -2.31. The van der Waals surface area contributed by atoms with Crippen LogP contribution in [0.25, 0.3) is 0 Å². The van der Waals surface area contributed by atoms with E-state index in [9.17, 15) is 4.79 Å². The summed E-state index contributed by atoms with van der Waals surface area (Å²) >= 11 is 0. The normalized spacial score (nSPS) is 16.5. The highest BCUT2D eigenvalue weighted by Crippen LogP contribution is 2.18. The number of carbonyl (C=O) groups excluding carboxylic acids is 1. The van der Waals surface area contributed by atoms with E-state index in [1.165, 1.54) is 12.8 Å². The number of halogens is 1. The van der Waals surface area contributed by atoms with Gasteiger partial charge in [0.15, 0.2) is 0 Å². The summed E-state index contributed by atoms with van der Waals surface area (Å²) in [4.78, 5) is 16.4. The first-order valence-electron chi connectivity index (χ1n) is 6.86. The van der Waals surface area contributed by atoms with Crippen LogP contribution in [0.4, 0.5) is 5.69 Å². The first-order chi connectivity index (χ1) is 9.06. The van der Waals surface area contributed by atoms with E-state index in [0.717, 1.165) is 19.6 Å². The molecule has 2 N–H and O–H groups in total. The molecule has 0 atom stereocenters. The lowest BCUT2D eigenvalue weighted by atomic mass is 9.96. The quantitative estimate of drug-likeness (QED) is 0.869. The van der Waals surface area contributed by atoms with Crippen LogP contribution in [0, 0.1) is 5.92 Å². The van der Waals surface area contributed by atoms with Crippen molar-refractivity contribution in [1.29, 1.82) is 0 Å². The second-order valence-corrected chi connectivity index (χ2v) is 5.55.